The van der Waals surface area contributed by atoms with Crippen molar-refractivity contribution in [1.29, 1.82) is 0 Å². The first-order chi connectivity index (χ1) is 9.85. The van der Waals surface area contributed by atoms with Crippen LogP contribution >= 0.6 is 11.6 Å². The number of benzene rings is 1. The Bertz CT molecular complexity index is 669. The van der Waals surface area contributed by atoms with Crippen molar-refractivity contribution in [3.63, 3.8) is 0 Å². The maximum absolute atomic E-state index is 12.8. The van der Waals surface area contributed by atoms with Crippen LogP contribution in [0.1, 0.15) is 44.0 Å². The number of halogens is 4. The molecule has 3 rings (SSSR count). The highest BCUT2D eigenvalue weighted by Gasteiger charge is 2.35. The van der Waals surface area contributed by atoms with Gasteiger partial charge in [-0.3, -0.25) is 0 Å². The molecule has 0 unspecified atom stereocenters. The maximum Gasteiger partial charge on any atom is 0.416 e. The molecule has 1 aromatic heterocycles. The summed E-state index contributed by atoms with van der Waals surface area (Å²) in [6.07, 6.45) is -0.0971. The van der Waals surface area contributed by atoms with E-state index in [0.29, 0.717) is 11.3 Å². The average Bonchev–Trinajstić information content (AvgIpc) is 3.00. The highest BCUT2D eigenvalue weighted by Crippen LogP contribution is 2.40. The monoisotopic (exact) mass is 316 g/mol. The number of nitrogens with zero attached hydrogens (tertiary/aromatic N) is 2. The highest BCUT2D eigenvalue weighted by atomic mass is 35.5. The first-order valence-electron chi connectivity index (χ1n) is 7.00. The minimum atomic E-state index is -4.35. The Morgan fingerprint density at radius 3 is 2.52 bits per heavy atom. The second kappa shape index (κ2) is 4.90. The van der Waals surface area contributed by atoms with Crippen molar-refractivity contribution in [2.24, 2.45) is 0 Å². The number of rotatable bonds is 2. The van der Waals surface area contributed by atoms with E-state index in [4.69, 9.17) is 11.6 Å². The molecule has 2 nitrogen and oxygen atoms in total. The van der Waals surface area contributed by atoms with Crippen LogP contribution in [0.15, 0.2) is 18.2 Å². The normalized spacial score (nSPS) is 18.5. The Morgan fingerprint density at radius 2 is 1.95 bits per heavy atom. The fraction of sp³-hybridized carbons (Fsp3) is 0.533. The third-order valence-corrected chi connectivity index (χ3v) is 4.63. The van der Waals surface area contributed by atoms with E-state index >= 15 is 0 Å². The van der Waals surface area contributed by atoms with Gasteiger partial charge in [-0.05, 0) is 38.0 Å². The van der Waals surface area contributed by atoms with Gasteiger partial charge in [0.15, 0.2) is 0 Å². The van der Waals surface area contributed by atoms with E-state index in [-0.39, 0.29) is 11.4 Å². The Balaban J connectivity index is 2.20. The zero-order chi connectivity index (χ0) is 15.3. The summed E-state index contributed by atoms with van der Waals surface area (Å²) < 4.78 is 40.5. The summed E-state index contributed by atoms with van der Waals surface area (Å²) in [6, 6.07) is 3.75. The SMILES string of the molecule is CC1(n2c(CCl)nc3cc(C(F)(F)F)ccc32)CCCC1. The molecular weight excluding hydrogens is 301 g/mol. The number of hydrogen-bond donors (Lipinski definition) is 0. The largest absolute Gasteiger partial charge is 0.416 e. The van der Waals surface area contributed by atoms with Crippen LogP contribution in [-0.2, 0) is 17.6 Å². The molecule has 0 radical (unpaired) electrons. The summed E-state index contributed by atoms with van der Waals surface area (Å²) >= 11 is 5.97. The van der Waals surface area contributed by atoms with Gasteiger partial charge in [0, 0.05) is 5.54 Å². The molecule has 1 aliphatic rings. The van der Waals surface area contributed by atoms with E-state index in [0.717, 1.165) is 43.3 Å². The van der Waals surface area contributed by atoms with E-state index in [2.05, 4.69) is 11.9 Å². The molecule has 0 saturated heterocycles. The minimum Gasteiger partial charge on any atom is -0.321 e. The molecular formula is C15H16ClF3N2. The van der Waals surface area contributed by atoms with Gasteiger partial charge in [-0.2, -0.15) is 13.2 Å². The van der Waals surface area contributed by atoms with Crippen molar-refractivity contribution < 1.29 is 13.2 Å². The molecule has 1 aromatic carbocycles. The van der Waals surface area contributed by atoms with Crippen molar-refractivity contribution in [3.05, 3.63) is 29.6 Å². The molecule has 2 aromatic rings. The molecule has 114 valence electrons. The van der Waals surface area contributed by atoms with Crippen LogP contribution in [0.5, 0.6) is 0 Å². The minimum absolute atomic E-state index is 0.0985. The molecule has 1 aliphatic carbocycles. The molecule has 1 heterocycles. The van der Waals surface area contributed by atoms with Crippen molar-refractivity contribution in [2.75, 3.05) is 0 Å². The Morgan fingerprint density at radius 1 is 1.29 bits per heavy atom. The molecule has 1 fully saturated rings. The lowest BCUT2D eigenvalue weighted by Gasteiger charge is -2.28. The summed E-state index contributed by atoms with van der Waals surface area (Å²) in [5.74, 6) is 0.849. The fourth-order valence-corrected chi connectivity index (χ4v) is 3.54. The third kappa shape index (κ3) is 2.41. The van der Waals surface area contributed by atoms with Crippen molar-refractivity contribution in [3.8, 4) is 0 Å². The zero-order valence-corrected chi connectivity index (χ0v) is 12.4. The lowest BCUT2D eigenvalue weighted by molar-refractivity contribution is -0.137. The topological polar surface area (TPSA) is 17.8 Å². The van der Waals surface area contributed by atoms with Gasteiger partial charge in [-0.15, -0.1) is 11.6 Å². The van der Waals surface area contributed by atoms with Gasteiger partial charge >= 0.3 is 6.18 Å². The van der Waals surface area contributed by atoms with Crippen molar-refractivity contribution in [1.82, 2.24) is 9.55 Å². The summed E-state index contributed by atoms with van der Waals surface area (Å²) in [7, 11) is 0. The quantitative estimate of drug-likeness (QED) is 0.706. The average molecular weight is 317 g/mol. The number of alkyl halides is 4. The van der Waals surface area contributed by atoms with Crippen molar-refractivity contribution >= 4 is 22.6 Å². The Labute approximate surface area is 125 Å². The number of fused-ring (bicyclic) bond motifs is 1. The molecule has 0 bridgehead atoms. The molecule has 0 atom stereocenters. The van der Waals surface area contributed by atoms with Gasteiger partial charge in [-0.1, -0.05) is 12.8 Å². The molecule has 0 spiro atoms. The third-order valence-electron chi connectivity index (χ3n) is 4.39. The first kappa shape index (κ1) is 14.7. The predicted molar refractivity (Wildman–Crippen MR) is 76.4 cm³/mol. The lowest BCUT2D eigenvalue weighted by atomic mass is 9.99. The van der Waals surface area contributed by atoms with Crippen LogP contribution in [0.25, 0.3) is 11.0 Å². The van der Waals surface area contributed by atoms with Crippen LogP contribution < -0.4 is 0 Å². The van der Waals surface area contributed by atoms with Crippen LogP contribution in [0.3, 0.4) is 0 Å². The van der Waals surface area contributed by atoms with Crippen LogP contribution in [0.4, 0.5) is 13.2 Å². The van der Waals surface area contributed by atoms with Crippen molar-refractivity contribution in [2.45, 2.75) is 50.2 Å². The Kier molecular flexibility index (Phi) is 3.43. The van der Waals surface area contributed by atoms with Gasteiger partial charge in [0.05, 0.1) is 22.5 Å². The van der Waals surface area contributed by atoms with Gasteiger partial charge < -0.3 is 4.57 Å². The molecule has 0 amide bonds. The lowest BCUT2D eigenvalue weighted by Crippen LogP contribution is -2.27. The Hall–Kier alpha value is -1.23. The molecule has 21 heavy (non-hydrogen) atoms. The zero-order valence-electron chi connectivity index (χ0n) is 11.7. The molecule has 0 N–H and O–H groups in total. The van der Waals surface area contributed by atoms with Gasteiger partial charge in [0.1, 0.15) is 5.82 Å². The van der Waals surface area contributed by atoms with Gasteiger partial charge in [0.2, 0.25) is 0 Å². The summed E-state index contributed by atoms with van der Waals surface area (Å²) in [5.41, 5.74) is 0.340. The van der Waals surface area contributed by atoms with Crippen LogP contribution in [-0.4, -0.2) is 9.55 Å². The smallest absolute Gasteiger partial charge is 0.321 e. The summed E-state index contributed by atoms with van der Waals surface area (Å²) in [4.78, 5) is 4.33. The van der Waals surface area contributed by atoms with E-state index in [1.165, 1.54) is 6.07 Å². The second-order valence-electron chi connectivity index (χ2n) is 5.90. The fourth-order valence-electron chi connectivity index (χ4n) is 3.36. The van der Waals surface area contributed by atoms with E-state index in [1.54, 1.807) is 0 Å². The van der Waals surface area contributed by atoms with Crippen LogP contribution in [0, 0.1) is 0 Å². The number of imidazole rings is 1. The standard InChI is InChI=1S/C15H16ClF3N2/c1-14(6-2-3-7-14)21-12-5-4-10(15(17,18)19)8-11(12)20-13(21)9-16/h4-5,8H,2-3,6-7,9H2,1H3. The van der Waals surface area contributed by atoms with Gasteiger partial charge in [0.25, 0.3) is 0 Å². The van der Waals surface area contributed by atoms with E-state index in [9.17, 15) is 13.2 Å². The molecule has 1 saturated carbocycles. The first-order valence-corrected chi connectivity index (χ1v) is 7.54. The van der Waals surface area contributed by atoms with Crippen LogP contribution in [0.2, 0.25) is 0 Å². The summed E-state index contributed by atoms with van der Waals surface area (Å²) in [6.45, 7) is 2.13. The second-order valence-corrected chi connectivity index (χ2v) is 6.17. The number of aromatic nitrogens is 2. The maximum atomic E-state index is 12.8. The molecule has 6 heteroatoms. The van der Waals surface area contributed by atoms with Gasteiger partial charge in [-0.25, -0.2) is 4.98 Å². The van der Waals surface area contributed by atoms with E-state index in [1.807, 2.05) is 4.57 Å². The summed E-state index contributed by atoms with van der Waals surface area (Å²) in [5, 5.41) is 0. The van der Waals surface area contributed by atoms with E-state index < -0.39 is 11.7 Å². The molecule has 0 aliphatic heterocycles. The number of hydrogen-bond acceptors (Lipinski definition) is 1. The predicted octanol–water partition coefficient (Wildman–Crippen LogP) is 5.08. The highest BCUT2D eigenvalue weighted by molar-refractivity contribution is 6.16.